The van der Waals surface area contributed by atoms with Gasteiger partial charge in [-0.25, -0.2) is 0 Å². The Kier molecular flexibility index (Phi) is 3.37. The molecule has 0 heterocycles. The average molecular weight is 230 g/mol. The number of azide groups is 1. The number of nitrogens with zero attached hydrogens (tertiary/aromatic N) is 3. The van der Waals surface area contributed by atoms with E-state index in [1.165, 1.54) is 6.07 Å². The number of halogens is 3. The van der Waals surface area contributed by atoms with Crippen molar-refractivity contribution in [2.75, 3.05) is 5.32 Å². The second-order valence-electron chi connectivity index (χ2n) is 2.70. The molecule has 0 saturated carbocycles. The minimum atomic E-state index is -4.49. The van der Waals surface area contributed by atoms with Crippen molar-refractivity contribution < 1.29 is 18.0 Å². The van der Waals surface area contributed by atoms with Crippen LogP contribution in [-0.4, -0.2) is 6.03 Å². The van der Waals surface area contributed by atoms with Crippen molar-refractivity contribution in [1.82, 2.24) is 0 Å². The fourth-order valence-corrected chi connectivity index (χ4v) is 0.962. The van der Waals surface area contributed by atoms with E-state index in [1.807, 2.05) is 5.32 Å². The van der Waals surface area contributed by atoms with E-state index in [4.69, 9.17) is 5.53 Å². The van der Waals surface area contributed by atoms with Gasteiger partial charge in [-0.3, -0.25) is 4.79 Å². The molecule has 0 unspecified atom stereocenters. The molecule has 0 bridgehead atoms. The van der Waals surface area contributed by atoms with Crippen molar-refractivity contribution in [2.45, 2.75) is 6.18 Å². The van der Waals surface area contributed by atoms with Crippen LogP contribution in [0.25, 0.3) is 10.4 Å². The molecule has 16 heavy (non-hydrogen) atoms. The summed E-state index contributed by atoms with van der Waals surface area (Å²) in [6, 6.07) is 2.92. The number of anilines is 1. The highest BCUT2D eigenvalue weighted by Crippen LogP contribution is 2.30. The van der Waals surface area contributed by atoms with Gasteiger partial charge in [0.1, 0.15) is 0 Å². The zero-order valence-electron chi connectivity index (χ0n) is 7.69. The zero-order chi connectivity index (χ0) is 12.2. The van der Waals surface area contributed by atoms with Gasteiger partial charge in [0.2, 0.25) is 0 Å². The van der Waals surface area contributed by atoms with Crippen LogP contribution >= 0.6 is 0 Å². The van der Waals surface area contributed by atoms with E-state index in [0.29, 0.717) is 0 Å². The van der Waals surface area contributed by atoms with Crippen LogP contribution in [0, 0.1) is 0 Å². The molecule has 8 heteroatoms. The van der Waals surface area contributed by atoms with E-state index in [2.05, 4.69) is 10.0 Å². The second-order valence-corrected chi connectivity index (χ2v) is 2.70. The molecular weight excluding hydrogens is 225 g/mol. The van der Waals surface area contributed by atoms with Crippen LogP contribution in [0.5, 0.6) is 0 Å². The first kappa shape index (κ1) is 11.9. The third-order valence-electron chi connectivity index (χ3n) is 1.58. The fraction of sp³-hybridized carbons (Fsp3) is 0.125. The predicted molar refractivity (Wildman–Crippen MR) is 49.6 cm³/mol. The zero-order valence-corrected chi connectivity index (χ0v) is 7.69. The Morgan fingerprint density at radius 2 is 2.12 bits per heavy atom. The van der Waals surface area contributed by atoms with Crippen molar-refractivity contribution in [3.8, 4) is 0 Å². The number of hydrogen-bond acceptors (Lipinski definition) is 1. The van der Waals surface area contributed by atoms with Crippen molar-refractivity contribution in [3.05, 3.63) is 40.3 Å². The van der Waals surface area contributed by atoms with Crippen LogP contribution < -0.4 is 5.32 Å². The number of rotatable bonds is 1. The maximum Gasteiger partial charge on any atom is 0.416 e. The number of carbonyl (C=O) groups is 1. The highest BCUT2D eigenvalue weighted by molar-refractivity contribution is 5.89. The smallest absolute Gasteiger partial charge is 0.321 e. The van der Waals surface area contributed by atoms with E-state index in [1.54, 1.807) is 0 Å². The van der Waals surface area contributed by atoms with Gasteiger partial charge in [-0.1, -0.05) is 6.07 Å². The molecule has 1 rings (SSSR count). The molecule has 0 saturated heterocycles. The summed E-state index contributed by atoms with van der Waals surface area (Å²) in [5, 5.41) is 4.66. The number of benzene rings is 1. The molecule has 1 N–H and O–H groups in total. The molecule has 2 amide bonds. The predicted octanol–water partition coefficient (Wildman–Crippen LogP) is 3.55. The van der Waals surface area contributed by atoms with E-state index >= 15 is 0 Å². The Balaban J connectivity index is 2.91. The third kappa shape index (κ3) is 3.18. The lowest BCUT2D eigenvalue weighted by Crippen LogP contribution is -2.08. The molecule has 0 aromatic heterocycles. The van der Waals surface area contributed by atoms with Gasteiger partial charge < -0.3 is 5.32 Å². The van der Waals surface area contributed by atoms with Gasteiger partial charge in [-0.05, 0) is 23.7 Å². The summed E-state index contributed by atoms with van der Waals surface area (Å²) >= 11 is 0. The quantitative estimate of drug-likeness (QED) is 0.447. The number of hydrogen-bond donors (Lipinski definition) is 1. The largest absolute Gasteiger partial charge is 0.416 e. The van der Waals surface area contributed by atoms with Crippen LogP contribution in [0.15, 0.2) is 29.4 Å². The van der Waals surface area contributed by atoms with Gasteiger partial charge in [-0.15, -0.1) is 0 Å². The van der Waals surface area contributed by atoms with Gasteiger partial charge in [0.25, 0.3) is 0 Å². The summed E-state index contributed by atoms with van der Waals surface area (Å²) in [6.45, 7) is 0. The standard InChI is InChI=1S/C8H5F3N4O/c9-8(10,11)5-2-1-3-6(4-5)13-7(16)14-15-12/h1-4H,(H,13,16). The van der Waals surface area contributed by atoms with Gasteiger partial charge in [0.05, 0.1) is 5.56 Å². The van der Waals surface area contributed by atoms with Crippen molar-refractivity contribution >= 4 is 11.7 Å². The summed E-state index contributed by atoms with van der Waals surface area (Å²) in [5.41, 5.74) is 6.93. The lowest BCUT2D eigenvalue weighted by molar-refractivity contribution is -0.137. The topological polar surface area (TPSA) is 77.9 Å². The Bertz CT molecular complexity index is 451. The molecular formula is C8H5F3N4O. The van der Waals surface area contributed by atoms with Crippen LogP contribution in [0.3, 0.4) is 0 Å². The second kappa shape index (κ2) is 4.54. The highest BCUT2D eigenvalue weighted by Gasteiger charge is 2.30. The first-order valence-corrected chi connectivity index (χ1v) is 3.97. The van der Waals surface area contributed by atoms with Crippen LogP contribution in [-0.2, 0) is 6.18 Å². The Morgan fingerprint density at radius 1 is 1.44 bits per heavy atom. The summed E-state index contributed by atoms with van der Waals surface area (Å²) < 4.78 is 36.8. The van der Waals surface area contributed by atoms with Crippen molar-refractivity contribution in [3.63, 3.8) is 0 Å². The molecule has 0 aliphatic rings. The molecule has 0 fully saturated rings. The van der Waals surface area contributed by atoms with Crippen molar-refractivity contribution in [1.29, 1.82) is 0 Å². The average Bonchev–Trinajstić information content (AvgIpc) is 2.17. The molecule has 84 valence electrons. The number of amides is 2. The minimum absolute atomic E-state index is 0.0905. The number of urea groups is 1. The summed E-state index contributed by atoms with van der Waals surface area (Å²) in [5.74, 6) is 0. The minimum Gasteiger partial charge on any atom is -0.321 e. The molecule has 0 spiro atoms. The molecule has 0 radical (unpaired) electrons. The first-order chi connectivity index (χ1) is 7.43. The summed E-state index contributed by atoms with van der Waals surface area (Å²) in [6.07, 6.45) is -4.49. The molecule has 0 aliphatic carbocycles. The van der Waals surface area contributed by atoms with E-state index in [9.17, 15) is 18.0 Å². The van der Waals surface area contributed by atoms with E-state index in [0.717, 1.165) is 18.2 Å². The number of carbonyl (C=O) groups excluding carboxylic acids is 1. The fourth-order valence-electron chi connectivity index (χ4n) is 0.962. The Morgan fingerprint density at radius 3 is 2.69 bits per heavy atom. The molecule has 1 aromatic rings. The Hall–Kier alpha value is -2.21. The highest BCUT2D eigenvalue weighted by atomic mass is 19.4. The summed E-state index contributed by atoms with van der Waals surface area (Å²) in [4.78, 5) is 13.0. The van der Waals surface area contributed by atoms with Crippen LogP contribution in [0.2, 0.25) is 0 Å². The molecule has 0 aliphatic heterocycles. The van der Waals surface area contributed by atoms with E-state index in [-0.39, 0.29) is 5.69 Å². The summed E-state index contributed by atoms with van der Waals surface area (Å²) in [7, 11) is 0. The van der Waals surface area contributed by atoms with Crippen LogP contribution in [0.4, 0.5) is 23.7 Å². The van der Waals surface area contributed by atoms with Gasteiger partial charge in [0.15, 0.2) is 0 Å². The van der Waals surface area contributed by atoms with Gasteiger partial charge in [0, 0.05) is 15.7 Å². The lowest BCUT2D eigenvalue weighted by atomic mass is 10.2. The van der Waals surface area contributed by atoms with Gasteiger partial charge >= 0.3 is 12.2 Å². The van der Waals surface area contributed by atoms with E-state index < -0.39 is 17.8 Å². The van der Waals surface area contributed by atoms with Crippen LogP contribution in [0.1, 0.15) is 5.56 Å². The monoisotopic (exact) mass is 230 g/mol. The Labute approximate surface area is 87.5 Å². The molecule has 5 nitrogen and oxygen atoms in total. The molecule has 0 atom stereocenters. The normalized spacial score (nSPS) is 10.4. The van der Waals surface area contributed by atoms with Crippen molar-refractivity contribution in [2.24, 2.45) is 5.11 Å². The SMILES string of the molecule is [N-]=[N+]=NC(=O)Nc1cccc(C(F)(F)F)c1. The van der Waals surface area contributed by atoms with Gasteiger partial charge in [-0.2, -0.15) is 13.2 Å². The number of nitrogens with one attached hydrogen (secondary N) is 1. The maximum atomic E-state index is 12.3. The third-order valence-corrected chi connectivity index (χ3v) is 1.58. The lowest BCUT2D eigenvalue weighted by Gasteiger charge is -2.08. The maximum absolute atomic E-state index is 12.3. The number of alkyl halides is 3. The first-order valence-electron chi connectivity index (χ1n) is 3.97. The molecule has 1 aromatic carbocycles.